The lowest BCUT2D eigenvalue weighted by Gasteiger charge is -2.13. The highest BCUT2D eigenvalue weighted by molar-refractivity contribution is 6.02. The third kappa shape index (κ3) is 4.00. The Morgan fingerprint density at radius 2 is 1.95 bits per heavy atom. The van der Waals surface area contributed by atoms with Crippen LogP contribution in [0.5, 0.6) is 0 Å². The average Bonchev–Trinajstić information content (AvgIpc) is 2.49. The molecule has 2 rings (SSSR count). The van der Waals surface area contributed by atoms with E-state index in [0.717, 1.165) is 12.1 Å². The number of carbonyl (C=O) groups is 1. The van der Waals surface area contributed by atoms with Gasteiger partial charge in [-0.2, -0.15) is 5.10 Å². The zero-order valence-electron chi connectivity index (χ0n) is 12.0. The first-order chi connectivity index (χ1) is 10.1. The number of aromatic amines is 1. The van der Waals surface area contributed by atoms with E-state index in [9.17, 15) is 9.59 Å². The molecule has 0 aliphatic carbocycles. The van der Waals surface area contributed by atoms with Crippen LogP contribution >= 0.6 is 0 Å². The third-order valence-electron chi connectivity index (χ3n) is 3.09. The number of hydrogen-bond acceptors (Lipinski definition) is 4. The summed E-state index contributed by atoms with van der Waals surface area (Å²) in [5.74, 6) is -0.362. The van der Waals surface area contributed by atoms with Crippen molar-refractivity contribution in [3.8, 4) is 0 Å². The number of H-pyrrole nitrogens is 1. The Labute approximate surface area is 122 Å². The molecule has 0 fully saturated rings. The van der Waals surface area contributed by atoms with Crippen molar-refractivity contribution in [2.45, 2.75) is 19.9 Å². The molecular weight excluding hydrogens is 268 g/mol. The van der Waals surface area contributed by atoms with Crippen LogP contribution in [-0.2, 0) is 0 Å². The molecule has 0 spiro atoms. The van der Waals surface area contributed by atoms with E-state index in [4.69, 9.17) is 0 Å². The zero-order chi connectivity index (χ0) is 15.2. The Kier molecular flexibility index (Phi) is 4.84. The lowest BCUT2D eigenvalue weighted by atomic mass is 10.1. The van der Waals surface area contributed by atoms with Crippen molar-refractivity contribution >= 4 is 11.6 Å². The number of nitrogens with zero attached hydrogens (tertiary/aromatic N) is 1. The minimum absolute atomic E-state index is 0.166. The Morgan fingerprint density at radius 1 is 1.24 bits per heavy atom. The van der Waals surface area contributed by atoms with Gasteiger partial charge in [0, 0.05) is 17.8 Å². The highest BCUT2D eigenvalue weighted by Gasteiger charge is 2.08. The van der Waals surface area contributed by atoms with E-state index in [1.165, 1.54) is 12.1 Å². The number of anilines is 1. The van der Waals surface area contributed by atoms with Gasteiger partial charge in [0.15, 0.2) is 0 Å². The molecule has 0 saturated heterocycles. The summed E-state index contributed by atoms with van der Waals surface area (Å²) >= 11 is 0. The SMILES string of the molecule is CCNC(C)c1ccc(NC(=O)c2ccc(=O)[nH]n2)cc1. The topological polar surface area (TPSA) is 86.9 Å². The zero-order valence-corrected chi connectivity index (χ0v) is 12.0. The molecule has 1 aromatic carbocycles. The predicted octanol–water partition coefficient (Wildman–Crippen LogP) is 1.69. The number of carbonyl (C=O) groups excluding carboxylic acids is 1. The monoisotopic (exact) mass is 286 g/mol. The number of rotatable bonds is 5. The van der Waals surface area contributed by atoms with E-state index in [1.54, 1.807) is 0 Å². The molecule has 6 nitrogen and oxygen atoms in total. The van der Waals surface area contributed by atoms with Crippen molar-refractivity contribution in [2.75, 3.05) is 11.9 Å². The van der Waals surface area contributed by atoms with Gasteiger partial charge in [-0.25, -0.2) is 5.10 Å². The number of aromatic nitrogens is 2. The Hall–Kier alpha value is -2.47. The summed E-state index contributed by atoms with van der Waals surface area (Å²) in [5.41, 5.74) is 1.66. The summed E-state index contributed by atoms with van der Waals surface area (Å²) in [6, 6.07) is 10.5. The second-order valence-electron chi connectivity index (χ2n) is 4.66. The van der Waals surface area contributed by atoms with Gasteiger partial charge < -0.3 is 10.6 Å². The Balaban J connectivity index is 2.04. The van der Waals surface area contributed by atoms with Gasteiger partial charge in [-0.3, -0.25) is 9.59 Å². The summed E-state index contributed by atoms with van der Waals surface area (Å²) in [4.78, 5) is 22.8. The average molecular weight is 286 g/mol. The standard InChI is InChI=1S/C15H18N4O2/c1-3-16-10(2)11-4-6-12(7-5-11)17-15(21)13-8-9-14(20)19-18-13/h4-10,16H,3H2,1-2H3,(H,17,21)(H,19,20). The summed E-state index contributed by atoms with van der Waals surface area (Å²) in [7, 11) is 0. The van der Waals surface area contributed by atoms with Gasteiger partial charge in [0.25, 0.3) is 11.5 Å². The van der Waals surface area contributed by atoms with E-state index < -0.39 is 0 Å². The lowest BCUT2D eigenvalue weighted by molar-refractivity contribution is 0.102. The Morgan fingerprint density at radius 3 is 2.52 bits per heavy atom. The van der Waals surface area contributed by atoms with E-state index in [-0.39, 0.29) is 23.2 Å². The predicted molar refractivity (Wildman–Crippen MR) is 81.3 cm³/mol. The van der Waals surface area contributed by atoms with Crippen molar-refractivity contribution in [2.24, 2.45) is 0 Å². The van der Waals surface area contributed by atoms with Gasteiger partial charge in [-0.15, -0.1) is 0 Å². The quantitative estimate of drug-likeness (QED) is 0.780. The molecule has 0 radical (unpaired) electrons. The minimum Gasteiger partial charge on any atom is -0.321 e. The largest absolute Gasteiger partial charge is 0.321 e. The lowest BCUT2D eigenvalue weighted by Crippen LogP contribution is -2.18. The normalized spacial score (nSPS) is 11.9. The summed E-state index contributed by atoms with van der Waals surface area (Å²) < 4.78 is 0. The van der Waals surface area contributed by atoms with Gasteiger partial charge in [0.05, 0.1) is 0 Å². The number of nitrogens with one attached hydrogen (secondary N) is 3. The molecular formula is C15H18N4O2. The molecule has 0 bridgehead atoms. The summed E-state index contributed by atoms with van der Waals surface area (Å²) in [6.07, 6.45) is 0. The summed E-state index contributed by atoms with van der Waals surface area (Å²) in [5, 5.41) is 12.0. The van der Waals surface area contributed by atoms with Crippen LogP contribution < -0.4 is 16.2 Å². The van der Waals surface area contributed by atoms with E-state index in [0.29, 0.717) is 5.69 Å². The smallest absolute Gasteiger partial charge is 0.276 e. The molecule has 0 aliphatic rings. The van der Waals surface area contributed by atoms with Crippen molar-refractivity contribution in [1.29, 1.82) is 0 Å². The molecule has 1 amide bonds. The van der Waals surface area contributed by atoms with Crippen LogP contribution in [0.1, 0.15) is 35.9 Å². The molecule has 110 valence electrons. The fourth-order valence-electron chi connectivity index (χ4n) is 1.95. The van der Waals surface area contributed by atoms with Crippen LogP contribution in [0.3, 0.4) is 0 Å². The van der Waals surface area contributed by atoms with Crippen LogP contribution in [0, 0.1) is 0 Å². The van der Waals surface area contributed by atoms with Gasteiger partial charge in [-0.1, -0.05) is 19.1 Å². The number of amides is 1. The second-order valence-corrected chi connectivity index (χ2v) is 4.66. The van der Waals surface area contributed by atoms with Crippen LogP contribution in [0.4, 0.5) is 5.69 Å². The maximum Gasteiger partial charge on any atom is 0.276 e. The first-order valence-electron chi connectivity index (χ1n) is 6.80. The molecule has 21 heavy (non-hydrogen) atoms. The van der Waals surface area contributed by atoms with Crippen molar-refractivity contribution in [3.63, 3.8) is 0 Å². The molecule has 0 aliphatic heterocycles. The number of benzene rings is 1. The van der Waals surface area contributed by atoms with Crippen LogP contribution in [0.2, 0.25) is 0 Å². The fraction of sp³-hybridized carbons (Fsp3) is 0.267. The van der Waals surface area contributed by atoms with Crippen LogP contribution in [-0.4, -0.2) is 22.6 Å². The maximum atomic E-state index is 11.9. The molecule has 1 unspecified atom stereocenters. The molecule has 2 aromatic rings. The second kappa shape index (κ2) is 6.81. The number of hydrogen-bond donors (Lipinski definition) is 3. The fourth-order valence-corrected chi connectivity index (χ4v) is 1.95. The minimum atomic E-state index is -0.362. The molecule has 6 heteroatoms. The van der Waals surface area contributed by atoms with Crippen LogP contribution in [0.25, 0.3) is 0 Å². The van der Waals surface area contributed by atoms with Gasteiger partial charge in [0.1, 0.15) is 5.69 Å². The highest BCUT2D eigenvalue weighted by atomic mass is 16.2. The molecule has 1 heterocycles. The van der Waals surface area contributed by atoms with E-state index in [2.05, 4.69) is 34.7 Å². The molecule has 1 aromatic heterocycles. The highest BCUT2D eigenvalue weighted by Crippen LogP contribution is 2.16. The van der Waals surface area contributed by atoms with Gasteiger partial charge in [-0.05, 0) is 37.2 Å². The molecule has 1 atom stereocenters. The van der Waals surface area contributed by atoms with Crippen molar-refractivity contribution < 1.29 is 4.79 Å². The van der Waals surface area contributed by atoms with E-state index >= 15 is 0 Å². The van der Waals surface area contributed by atoms with Crippen molar-refractivity contribution in [3.05, 3.63) is 58.0 Å². The van der Waals surface area contributed by atoms with Gasteiger partial charge in [0.2, 0.25) is 0 Å². The van der Waals surface area contributed by atoms with E-state index in [1.807, 2.05) is 24.3 Å². The maximum absolute atomic E-state index is 11.9. The van der Waals surface area contributed by atoms with Crippen LogP contribution in [0.15, 0.2) is 41.2 Å². The molecule has 0 saturated carbocycles. The first-order valence-corrected chi connectivity index (χ1v) is 6.80. The first kappa shape index (κ1) is 14.9. The van der Waals surface area contributed by atoms with Gasteiger partial charge >= 0.3 is 0 Å². The van der Waals surface area contributed by atoms with Crippen molar-refractivity contribution in [1.82, 2.24) is 15.5 Å². The molecule has 3 N–H and O–H groups in total. The Bertz CT molecular complexity index is 644. The third-order valence-corrected chi connectivity index (χ3v) is 3.09. The summed E-state index contributed by atoms with van der Waals surface area (Å²) in [6.45, 7) is 5.04.